The Morgan fingerprint density at radius 3 is 2.64 bits per heavy atom. The summed E-state index contributed by atoms with van der Waals surface area (Å²) in [7, 11) is 3.56. The predicted molar refractivity (Wildman–Crippen MR) is 106 cm³/mol. The fourth-order valence-electron chi connectivity index (χ4n) is 3.67. The summed E-state index contributed by atoms with van der Waals surface area (Å²) in [6.45, 7) is 3.24. The van der Waals surface area contributed by atoms with Gasteiger partial charge in [0.05, 0.1) is 28.9 Å². The molecule has 7 nitrogen and oxygen atoms in total. The molecule has 148 valence electrons. The van der Waals surface area contributed by atoms with Crippen LogP contribution >= 0.6 is 11.3 Å². The molecule has 9 heteroatoms. The molecule has 1 N–H and O–H groups in total. The molecule has 4 rings (SSSR count). The summed E-state index contributed by atoms with van der Waals surface area (Å²) in [6.07, 6.45) is 0. The van der Waals surface area contributed by atoms with Gasteiger partial charge in [0.15, 0.2) is 0 Å². The number of pyridine rings is 1. The largest absolute Gasteiger partial charge is 0.477 e. The first-order valence-electron chi connectivity index (χ1n) is 8.86. The Bertz CT molecular complexity index is 1130. The first kappa shape index (κ1) is 18.9. The highest BCUT2D eigenvalue weighted by atomic mass is 32.1. The number of likely N-dealkylation sites (N-methyl/N-ethyl adjacent to an activating group) is 1. The number of thiazole rings is 1. The number of hydrogen-bond donors (Lipinski definition) is 1. The first-order valence-corrected chi connectivity index (χ1v) is 9.74. The van der Waals surface area contributed by atoms with E-state index in [0.717, 1.165) is 13.1 Å². The van der Waals surface area contributed by atoms with Gasteiger partial charge in [-0.3, -0.25) is 4.79 Å². The molecule has 1 saturated heterocycles. The molecule has 1 aliphatic heterocycles. The van der Waals surface area contributed by atoms with Crippen molar-refractivity contribution in [1.82, 2.24) is 9.30 Å². The van der Waals surface area contributed by atoms with Crippen molar-refractivity contribution in [2.75, 3.05) is 45.2 Å². The minimum atomic E-state index is -1.32. The molecule has 2 aromatic heterocycles. The van der Waals surface area contributed by atoms with Crippen molar-refractivity contribution in [2.45, 2.75) is 6.61 Å². The molecule has 28 heavy (non-hydrogen) atoms. The van der Waals surface area contributed by atoms with Crippen molar-refractivity contribution in [1.29, 1.82) is 0 Å². The van der Waals surface area contributed by atoms with Crippen LogP contribution in [0.25, 0.3) is 15.7 Å². The van der Waals surface area contributed by atoms with Crippen molar-refractivity contribution in [3.63, 3.8) is 0 Å². The molecule has 0 radical (unpaired) electrons. The number of aromatic nitrogens is 1. The lowest BCUT2D eigenvalue weighted by Crippen LogP contribution is -2.44. The highest BCUT2D eigenvalue weighted by Crippen LogP contribution is 2.30. The van der Waals surface area contributed by atoms with Gasteiger partial charge < -0.3 is 24.0 Å². The van der Waals surface area contributed by atoms with Gasteiger partial charge >= 0.3 is 5.97 Å². The van der Waals surface area contributed by atoms with Crippen LogP contribution < -0.4 is 10.3 Å². The molecular formula is C19H20FN3O4S. The topological polar surface area (TPSA) is 74.5 Å². The summed E-state index contributed by atoms with van der Waals surface area (Å²) < 4.78 is 21.8. The van der Waals surface area contributed by atoms with E-state index >= 15 is 0 Å². The molecule has 0 spiro atoms. The summed E-state index contributed by atoms with van der Waals surface area (Å²) in [5.74, 6) is -1.84. The lowest BCUT2D eigenvalue weighted by Gasteiger charge is -2.34. The van der Waals surface area contributed by atoms with E-state index in [1.165, 1.54) is 17.4 Å². The Morgan fingerprint density at radius 1 is 1.29 bits per heavy atom. The summed E-state index contributed by atoms with van der Waals surface area (Å²) in [5, 5.41) is 11.4. The van der Waals surface area contributed by atoms with Crippen LogP contribution in [-0.2, 0) is 11.3 Å². The smallest absolute Gasteiger partial charge is 0.342 e. The van der Waals surface area contributed by atoms with Gasteiger partial charge in [-0.25, -0.2) is 9.18 Å². The van der Waals surface area contributed by atoms with E-state index in [0.29, 0.717) is 34.8 Å². The first-order chi connectivity index (χ1) is 13.4. The summed E-state index contributed by atoms with van der Waals surface area (Å²) in [5.41, 5.74) is 0.620. The van der Waals surface area contributed by atoms with Gasteiger partial charge in [0.1, 0.15) is 16.2 Å². The lowest BCUT2D eigenvalue weighted by atomic mass is 10.1. The minimum absolute atomic E-state index is 0.0565. The van der Waals surface area contributed by atoms with E-state index in [9.17, 15) is 19.1 Å². The van der Waals surface area contributed by atoms with Crippen LogP contribution in [0.15, 0.2) is 22.3 Å². The quantitative estimate of drug-likeness (QED) is 0.718. The van der Waals surface area contributed by atoms with Gasteiger partial charge in [0, 0.05) is 38.7 Å². The Balaban J connectivity index is 2.03. The molecule has 3 aromatic rings. The Labute approximate surface area is 164 Å². The molecule has 0 bridgehead atoms. The van der Waals surface area contributed by atoms with Gasteiger partial charge in [-0.15, -0.1) is 11.3 Å². The standard InChI is InChI=1S/C19H20FN3O4S/c1-21-3-5-22(6-4-21)15-8-14-12(7-13(15)20)17(24)16(19(25)26)18-23(14)11(9-27-2)10-28-18/h7-8,10H,3-6,9H2,1-2H3,(H,25,26). The highest BCUT2D eigenvalue weighted by Gasteiger charge is 2.24. The van der Waals surface area contributed by atoms with E-state index in [2.05, 4.69) is 4.90 Å². The molecule has 0 atom stereocenters. The number of piperazine rings is 1. The van der Waals surface area contributed by atoms with Gasteiger partial charge in [0.25, 0.3) is 0 Å². The van der Waals surface area contributed by atoms with Crippen molar-refractivity contribution in [2.24, 2.45) is 0 Å². The number of carboxylic acid groups (broad SMARTS) is 1. The number of nitrogens with zero attached hydrogens (tertiary/aromatic N) is 3. The summed E-state index contributed by atoms with van der Waals surface area (Å²) in [4.78, 5) is 29.0. The number of anilines is 1. The molecule has 1 fully saturated rings. The minimum Gasteiger partial charge on any atom is -0.477 e. The van der Waals surface area contributed by atoms with Crippen molar-refractivity contribution < 1.29 is 19.0 Å². The van der Waals surface area contributed by atoms with E-state index in [1.807, 2.05) is 11.9 Å². The Kier molecular flexibility index (Phi) is 4.82. The van der Waals surface area contributed by atoms with Gasteiger partial charge in [-0.2, -0.15) is 0 Å². The van der Waals surface area contributed by atoms with Crippen molar-refractivity contribution in [3.8, 4) is 0 Å². The molecule has 0 aliphatic carbocycles. The number of methoxy groups -OCH3 is 1. The molecule has 3 heterocycles. The van der Waals surface area contributed by atoms with Crippen molar-refractivity contribution >= 4 is 38.7 Å². The maximum Gasteiger partial charge on any atom is 0.342 e. The fraction of sp³-hybridized carbons (Fsp3) is 0.368. The molecule has 0 saturated carbocycles. The third kappa shape index (κ3) is 2.95. The third-order valence-electron chi connectivity index (χ3n) is 5.14. The number of hydrogen-bond acceptors (Lipinski definition) is 6. The van der Waals surface area contributed by atoms with Crippen LogP contribution in [0.1, 0.15) is 16.1 Å². The van der Waals surface area contributed by atoms with Gasteiger partial charge in [0.2, 0.25) is 5.43 Å². The zero-order valence-electron chi connectivity index (χ0n) is 15.6. The third-order valence-corrected chi connectivity index (χ3v) is 6.14. The molecule has 0 unspecified atom stereocenters. The number of rotatable bonds is 4. The molecule has 1 aliphatic rings. The fourth-order valence-corrected chi connectivity index (χ4v) is 4.71. The van der Waals surface area contributed by atoms with Crippen LogP contribution in [0.5, 0.6) is 0 Å². The predicted octanol–water partition coefficient (Wildman–Crippen LogP) is 2.25. The number of fused-ring (bicyclic) bond motifs is 3. The second-order valence-corrected chi connectivity index (χ2v) is 7.78. The van der Waals surface area contributed by atoms with Crippen LogP contribution in [0, 0.1) is 5.82 Å². The Hall–Kier alpha value is -2.49. The number of benzene rings is 1. The van der Waals surface area contributed by atoms with Crippen LogP contribution in [0.2, 0.25) is 0 Å². The van der Waals surface area contributed by atoms with Gasteiger partial charge in [-0.05, 0) is 19.2 Å². The van der Waals surface area contributed by atoms with Crippen LogP contribution in [-0.4, -0.2) is 60.7 Å². The number of aromatic carboxylic acids is 1. The second-order valence-electron chi connectivity index (χ2n) is 6.92. The number of carbonyl (C=O) groups is 1. The lowest BCUT2D eigenvalue weighted by molar-refractivity contribution is 0.0697. The average Bonchev–Trinajstić information content (AvgIpc) is 3.06. The monoisotopic (exact) mass is 405 g/mol. The normalized spacial score (nSPS) is 15.6. The summed E-state index contributed by atoms with van der Waals surface area (Å²) >= 11 is 1.17. The molecular weight excluding hydrogens is 385 g/mol. The second kappa shape index (κ2) is 7.16. The molecule has 1 aromatic carbocycles. The van der Waals surface area contributed by atoms with E-state index in [1.54, 1.807) is 23.0 Å². The number of ether oxygens (including phenoxy) is 1. The van der Waals surface area contributed by atoms with E-state index in [-0.39, 0.29) is 17.6 Å². The Morgan fingerprint density at radius 2 is 2.00 bits per heavy atom. The number of halogens is 1. The van der Waals surface area contributed by atoms with E-state index in [4.69, 9.17) is 4.74 Å². The maximum atomic E-state index is 14.9. The van der Waals surface area contributed by atoms with Crippen molar-refractivity contribution in [3.05, 3.63) is 44.8 Å². The number of carboxylic acids is 1. The zero-order chi connectivity index (χ0) is 20.0. The highest BCUT2D eigenvalue weighted by molar-refractivity contribution is 7.16. The average molecular weight is 405 g/mol. The van der Waals surface area contributed by atoms with E-state index < -0.39 is 17.2 Å². The molecule has 0 amide bonds. The summed E-state index contributed by atoms with van der Waals surface area (Å²) in [6, 6.07) is 2.82. The SMILES string of the molecule is COCc1csc2c(C(=O)O)c(=O)c3cc(F)c(N4CCN(C)CC4)cc3n12. The van der Waals surface area contributed by atoms with Crippen LogP contribution in [0.4, 0.5) is 10.1 Å². The van der Waals surface area contributed by atoms with Gasteiger partial charge in [-0.1, -0.05) is 0 Å². The zero-order valence-corrected chi connectivity index (χ0v) is 16.4. The maximum absolute atomic E-state index is 14.9. The van der Waals surface area contributed by atoms with Crippen LogP contribution in [0.3, 0.4) is 0 Å².